The van der Waals surface area contributed by atoms with Gasteiger partial charge in [0.1, 0.15) is 10.9 Å². The number of rotatable bonds is 6. The lowest BCUT2D eigenvalue weighted by Crippen LogP contribution is -2.24. The van der Waals surface area contributed by atoms with Crippen molar-refractivity contribution in [1.82, 2.24) is 9.97 Å². The molecule has 2 atom stereocenters. The molecule has 0 N–H and O–H groups in total. The lowest BCUT2D eigenvalue weighted by molar-refractivity contribution is 0.111. The zero-order valence-corrected chi connectivity index (χ0v) is 14.9. The molecule has 0 radical (unpaired) electrons. The molecule has 2 unspecified atom stereocenters. The van der Waals surface area contributed by atoms with Crippen molar-refractivity contribution in [2.45, 2.75) is 31.6 Å². The third-order valence-electron chi connectivity index (χ3n) is 4.76. The number of halogens is 1. The minimum absolute atomic E-state index is 0.320. The molecule has 2 aromatic heterocycles. The maximum Gasteiger partial charge on any atom is 0.213 e. The fraction of sp³-hybridized carbons (Fsp3) is 0.421. The van der Waals surface area contributed by atoms with Crippen LogP contribution >= 0.6 is 11.6 Å². The van der Waals surface area contributed by atoms with E-state index in [9.17, 15) is 4.79 Å². The largest absolute Gasteiger partial charge is 0.491 e. The van der Waals surface area contributed by atoms with Gasteiger partial charge in [-0.25, -0.2) is 9.97 Å². The van der Waals surface area contributed by atoms with Crippen LogP contribution in [0.25, 0.3) is 0 Å². The summed E-state index contributed by atoms with van der Waals surface area (Å²) in [6, 6.07) is 5.55. The predicted molar refractivity (Wildman–Crippen MR) is 95.6 cm³/mol. The zero-order valence-electron chi connectivity index (χ0n) is 14.2. The Labute approximate surface area is 152 Å². The second-order valence-corrected chi connectivity index (χ2v) is 6.59. The minimum atomic E-state index is 0.320. The van der Waals surface area contributed by atoms with Gasteiger partial charge in [-0.15, -0.1) is 0 Å². The van der Waals surface area contributed by atoms with Crippen LogP contribution in [-0.2, 0) is 0 Å². The van der Waals surface area contributed by atoms with Gasteiger partial charge in [-0.2, -0.15) is 0 Å². The van der Waals surface area contributed by atoms with Gasteiger partial charge in [-0.3, -0.25) is 4.79 Å². The maximum absolute atomic E-state index is 11.3. The average molecular weight is 361 g/mol. The molecule has 1 saturated carbocycles. The number of methoxy groups -OCH3 is 1. The van der Waals surface area contributed by atoms with E-state index in [0.717, 1.165) is 24.7 Å². The molecular formula is C19H21ClN2O3. The third kappa shape index (κ3) is 4.10. The second-order valence-electron chi connectivity index (χ2n) is 6.23. The summed E-state index contributed by atoms with van der Waals surface area (Å²) >= 11 is 6.30. The number of ether oxygens (including phenoxy) is 2. The summed E-state index contributed by atoms with van der Waals surface area (Å²) in [5.74, 6) is 1.53. The van der Waals surface area contributed by atoms with Crippen molar-refractivity contribution in [2.75, 3.05) is 13.7 Å². The Morgan fingerprint density at radius 3 is 2.92 bits per heavy atom. The Bertz CT molecular complexity index is 738. The van der Waals surface area contributed by atoms with Crippen LogP contribution in [0.15, 0.2) is 30.6 Å². The molecule has 0 spiro atoms. The van der Waals surface area contributed by atoms with Crippen LogP contribution in [-0.4, -0.2) is 30.0 Å². The summed E-state index contributed by atoms with van der Waals surface area (Å²) < 4.78 is 11.0. The summed E-state index contributed by atoms with van der Waals surface area (Å²) in [7, 11) is 1.52. The van der Waals surface area contributed by atoms with Gasteiger partial charge in [0.2, 0.25) is 5.88 Å². The van der Waals surface area contributed by atoms with Crippen LogP contribution < -0.4 is 9.47 Å². The normalized spacial score (nSPS) is 20.1. The topological polar surface area (TPSA) is 61.3 Å². The standard InChI is InChI=1S/C19H21ClN2O3/c1-24-18-9-14(11-23)17(10-22-18)25-12-13-5-2-3-6-15(13)16-7-4-8-21-19(16)20/h4,7-11,13,15H,2-3,5-6,12H2,1H3. The third-order valence-corrected chi connectivity index (χ3v) is 5.07. The van der Waals surface area contributed by atoms with Crippen LogP contribution in [0.5, 0.6) is 11.6 Å². The van der Waals surface area contributed by atoms with Crippen molar-refractivity contribution in [1.29, 1.82) is 0 Å². The number of aromatic nitrogens is 2. The molecule has 25 heavy (non-hydrogen) atoms. The Morgan fingerprint density at radius 1 is 1.32 bits per heavy atom. The van der Waals surface area contributed by atoms with Crippen molar-refractivity contribution in [2.24, 2.45) is 5.92 Å². The van der Waals surface area contributed by atoms with Crippen molar-refractivity contribution < 1.29 is 14.3 Å². The number of hydrogen-bond donors (Lipinski definition) is 0. The molecule has 1 aliphatic rings. The Balaban J connectivity index is 1.75. The lowest BCUT2D eigenvalue weighted by atomic mass is 9.76. The highest BCUT2D eigenvalue weighted by Gasteiger charge is 2.29. The molecule has 1 fully saturated rings. The monoisotopic (exact) mass is 360 g/mol. The number of pyridine rings is 2. The molecule has 0 aromatic carbocycles. The Kier molecular flexibility index (Phi) is 5.87. The molecule has 132 valence electrons. The van der Waals surface area contributed by atoms with Crippen molar-refractivity contribution >= 4 is 17.9 Å². The lowest BCUT2D eigenvalue weighted by Gasteiger charge is -2.32. The van der Waals surface area contributed by atoms with E-state index in [4.69, 9.17) is 21.1 Å². The van der Waals surface area contributed by atoms with Gasteiger partial charge >= 0.3 is 0 Å². The quantitative estimate of drug-likeness (QED) is 0.567. The first-order valence-corrected chi connectivity index (χ1v) is 8.83. The molecule has 0 aliphatic heterocycles. The van der Waals surface area contributed by atoms with Crippen LogP contribution in [0.3, 0.4) is 0 Å². The Hall–Kier alpha value is -2.14. The molecule has 2 heterocycles. The highest BCUT2D eigenvalue weighted by Crippen LogP contribution is 2.40. The van der Waals surface area contributed by atoms with Crippen molar-refractivity contribution in [3.05, 3.63) is 46.9 Å². The van der Waals surface area contributed by atoms with E-state index in [0.29, 0.717) is 40.8 Å². The van der Waals surface area contributed by atoms with Gasteiger partial charge in [0.05, 0.1) is 25.5 Å². The van der Waals surface area contributed by atoms with E-state index in [2.05, 4.69) is 9.97 Å². The summed E-state index contributed by atoms with van der Waals surface area (Å²) in [6.45, 7) is 0.519. The van der Waals surface area contributed by atoms with Gasteiger partial charge < -0.3 is 9.47 Å². The van der Waals surface area contributed by atoms with E-state index in [-0.39, 0.29) is 0 Å². The first-order chi connectivity index (χ1) is 12.2. The fourth-order valence-corrected chi connectivity index (χ4v) is 3.71. The summed E-state index contributed by atoms with van der Waals surface area (Å²) in [5, 5.41) is 0.569. The van der Waals surface area contributed by atoms with Gasteiger partial charge in [0, 0.05) is 12.3 Å². The molecular weight excluding hydrogens is 340 g/mol. The van der Waals surface area contributed by atoms with Crippen LogP contribution in [0.1, 0.15) is 47.5 Å². The Morgan fingerprint density at radius 2 is 2.16 bits per heavy atom. The zero-order chi connectivity index (χ0) is 17.6. The van der Waals surface area contributed by atoms with Crippen LogP contribution in [0, 0.1) is 5.92 Å². The van der Waals surface area contributed by atoms with Crippen LogP contribution in [0.2, 0.25) is 5.15 Å². The SMILES string of the molecule is COc1cc(C=O)c(OCC2CCCCC2c2cccnc2Cl)cn1. The highest BCUT2D eigenvalue weighted by molar-refractivity contribution is 6.30. The van der Waals surface area contributed by atoms with Crippen molar-refractivity contribution in [3.8, 4) is 11.6 Å². The molecule has 5 nitrogen and oxygen atoms in total. The van der Waals surface area contributed by atoms with Gasteiger partial charge in [-0.05, 0) is 36.3 Å². The highest BCUT2D eigenvalue weighted by atomic mass is 35.5. The summed E-state index contributed by atoms with van der Waals surface area (Å²) in [6.07, 6.45) is 8.49. The molecule has 3 rings (SSSR count). The number of hydrogen-bond acceptors (Lipinski definition) is 5. The number of aldehydes is 1. The molecule has 2 aromatic rings. The number of carbonyl (C=O) groups is 1. The summed E-state index contributed by atoms with van der Waals surface area (Å²) in [5.41, 5.74) is 1.53. The molecule has 0 bridgehead atoms. The first-order valence-electron chi connectivity index (χ1n) is 8.45. The van der Waals surface area contributed by atoms with E-state index in [1.165, 1.54) is 26.1 Å². The molecule has 6 heteroatoms. The fourth-order valence-electron chi connectivity index (χ4n) is 3.45. The molecule has 0 amide bonds. The summed E-state index contributed by atoms with van der Waals surface area (Å²) in [4.78, 5) is 19.6. The second kappa shape index (κ2) is 8.30. The van der Waals surface area contributed by atoms with E-state index >= 15 is 0 Å². The van der Waals surface area contributed by atoms with Gasteiger partial charge in [0.15, 0.2) is 6.29 Å². The van der Waals surface area contributed by atoms with Crippen molar-refractivity contribution in [3.63, 3.8) is 0 Å². The first kappa shape index (κ1) is 17.7. The number of nitrogens with zero attached hydrogens (tertiary/aromatic N) is 2. The van der Waals surface area contributed by atoms with E-state index < -0.39 is 0 Å². The predicted octanol–water partition coefficient (Wildman–Crippen LogP) is 4.30. The molecule has 0 saturated heterocycles. The van der Waals surface area contributed by atoms with E-state index in [1.54, 1.807) is 12.3 Å². The maximum atomic E-state index is 11.3. The average Bonchev–Trinajstić information content (AvgIpc) is 2.67. The molecule has 1 aliphatic carbocycles. The van der Waals surface area contributed by atoms with Gasteiger partial charge in [0.25, 0.3) is 0 Å². The smallest absolute Gasteiger partial charge is 0.213 e. The minimum Gasteiger partial charge on any atom is -0.491 e. The van der Waals surface area contributed by atoms with E-state index in [1.807, 2.05) is 12.1 Å². The van der Waals surface area contributed by atoms with Crippen LogP contribution in [0.4, 0.5) is 0 Å². The van der Waals surface area contributed by atoms with Gasteiger partial charge in [-0.1, -0.05) is 30.5 Å². The number of carbonyl (C=O) groups excluding carboxylic acids is 1.